The number of methoxy groups -OCH3 is 2. The minimum atomic E-state index is -0.202. The van der Waals surface area contributed by atoms with E-state index in [9.17, 15) is 9.90 Å². The van der Waals surface area contributed by atoms with Crippen LogP contribution in [0.15, 0.2) is 72.0 Å². The van der Waals surface area contributed by atoms with Crippen molar-refractivity contribution >= 4 is 22.3 Å². The van der Waals surface area contributed by atoms with E-state index in [1.807, 2.05) is 23.1 Å². The van der Waals surface area contributed by atoms with E-state index in [0.29, 0.717) is 34.6 Å². The smallest absolute Gasteiger partial charge is 0.265 e. The largest absolute Gasteiger partial charge is 0.497 e. The summed E-state index contributed by atoms with van der Waals surface area (Å²) < 4.78 is 12.2. The van der Waals surface area contributed by atoms with Crippen molar-refractivity contribution in [2.75, 3.05) is 32.3 Å². The molecule has 4 aromatic rings. The summed E-state index contributed by atoms with van der Waals surface area (Å²) in [6.07, 6.45) is 4.76. The molecule has 0 spiro atoms. The summed E-state index contributed by atoms with van der Waals surface area (Å²) in [7, 11) is 3.16. The molecular weight excluding hydrogens is 396 g/mol. The first kappa shape index (κ1) is 20.4. The highest BCUT2D eigenvalue weighted by atomic mass is 16.5. The first-order chi connectivity index (χ1) is 15.1. The number of fused-ring (bicyclic) bond motifs is 1. The molecule has 0 aliphatic carbocycles. The van der Waals surface area contributed by atoms with Crippen molar-refractivity contribution in [2.24, 2.45) is 0 Å². The molecule has 0 saturated heterocycles. The standard InChI is InChI=1S/C23H22N4O4/c1-30-19-10-18(11-20(13-19)31-2)26(8-9-28)16-5-6-22-21(12-16)23(29)27(15-25-22)17-4-3-7-24-14-17/h3-7,10-15,28H,8-9H2,1-2H3. The number of benzene rings is 2. The number of anilines is 2. The average molecular weight is 418 g/mol. The maximum Gasteiger partial charge on any atom is 0.265 e. The van der Waals surface area contributed by atoms with E-state index < -0.39 is 0 Å². The Hall–Kier alpha value is -3.91. The molecule has 31 heavy (non-hydrogen) atoms. The van der Waals surface area contributed by atoms with Crippen LogP contribution in [0.1, 0.15) is 0 Å². The maximum atomic E-state index is 13.2. The van der Waals surface area contributed by atoms with E-state index in [1.165, 1.54) is 10.9 Å². The summed E-state index contributed by atoms with van der Waals surface area (Å²) in [6.45, 7) is 0.239. The summed E-state index contributed by atoms with van der Waals surface area (Å²) in [5.41, 5.74) is 2.52. The van der Waals surface area contributed by atoms with Crippen molar-refractivity contribution in [1.29, 1.82) is 0 Å². The lowest BCUT2D eigenvalue weighted by Gasteiger charge is -2.25. The summed E-state index contributed by atoms with van der Waals surface area (Å²) >= 11 is 0. The fourth-order valence-corrected chi connectivity index (χ4v) is 3.41. The van der Waals surface area contributed by atoms with Gasteiger partial charge < -0.3 is 19.5 Å². The van der Waals surface area contributed by atoms with Gasteiger partial charge in [0.1, 0.15) is 17.8 Å². The Morgan fingerprint density at radius 2 is 1.81 bits per heavy atom. The van der Waals surface area contributed by atoms with E-state index in [4.69, 9.17) is 9.47 Å². The minimum absolute atomic E-state index is 0.0789. The van der Waals surface area contributed by atoms with Crippen LogP contribution in [0.4, 0.5) is 11.4 Å². The van der Waals surface area contributed by atoms with Crippen LogP contribution in [0, 0.1) is 0 Å². The Kier molecular flexibility index (Phi) is 5.81. The molecule has 0 radical (unpaired) electrons. The Labute approximate surface area is 178 Å². The van der Waals surface area contributed by atoms with Gasteiger partial charge in [0.15, 0.2) is 0 Å². The molecule has 0 saturated carbocycles. The van der Waals surface area contributed by atoms with E-state index in [-0.39, 0.29) is 12.2 Å². The summed E-state index contributed by atoms with van der Waals surface area (Å²) in [5, 5.41) is 10.1. The van der Waals surface area contributed by atoms with Crippen molar-refractivity contribution in [2.45, 2.75) is 0 Å². The number of aliphatic hydroxyl groups excluding tert-OH is 1. The van der Waals surface area contributed by atoms with E-state index in [0.717, 1.165) is 11.4 Å². The number of pyridine rings is 1. The summed E-state index contributed by atoms with van der Waals surface area (Å²) in [4.78, 5) is 23.6. The normalized spacial score (nSPS) is 10.8. The second-order valence-electron chi connectivity index (χ2n) is 6.78. The number of rotatable bonds is 7. The van der Waals surface area contributed by atoms with Gasteiger partial charge in [-0.2, -0.15) is 0 Å². The van der Waals surface area contributed by atoms with Gasteiger partial charge in [0.05, 0.1) is 43.6 Å². The molecule has 158 valence electrons. The van der Waals surface area contributed by atoms with Gasteiger partial charge in [-0.1, -0.05) is 0 Å². The van der Waals surface area contributed by atoms with Crippen LogP contribution in [0.2, 0.25) is 0 Å². The lowest BCUT2D eigenvalue weighted by atomic mass is 10.1. The number of aliphatic hydroxyl groups is 1. The fourth-order valence-electron chi connectivity index (χ4n) is 3.41. The van der Waals surface area contributed by atoms with Gasteiger partial charge in [0.2, 0.25) is 0 Å². The molecule has 0 unspecified atom stereocenters. The van der Waals surface area contributed by atoms with Gasteiger partial charge in [0, 0.05) is 42.3 Å². The van der Waals surface area contributed by atoms with Crippen molar-refractivity contribution in [1.82, 2.24) is 14.5 Å². The van der Waals surface area contributed by atoms with E-state index in [1.54, 1.807) is 56.9 Å². The Bertz CT molecular complexity index is 1240. The van der Waals surface area contributed by atoms with Crippen molar-refractivity contribution in [3.8, 4) is 17.2 Å². The average Bonchev–Trinajstić information content (AvgIpc) is 2.83. The van der Waals surface area contributed by atoms with Crippen LogP contribution in [0.25, 0.3) is 16.6 Å². The molecule has 0 amide bonds. The molecule has 4 rings (SSSR count). The quantitative estimate of drug-likeness (QED) is 0.494. The number of nitrogens with zero attached hydrogens (tertiary/aromatic N) is 4. The number of hydrogen-bond acceptors (Lipinski definition) is 7. The van der Waals surface area contributed by atoms with Gasteiger partial charge in [0.25, 0.3) is 5.56 Å². The van der Waals surface area contributed by atoms with Crippen LogP contribution in [-0.4, -0.2) is 47.0 Å². The van der Waals surface area contributed by atoms with Gasteiger partial charge >= 0.3 is 0 Å². The predicted molar refractivity (Wildman–Crippen MR) is 119 cm³/mol. The number of ether oxygens (including phenoxy) is 2. The molecule has 0 fully saturated rings. The maximum absolute atomic E-state index is 13.2. The lowest BCUT2D eigenvalue weighted by molar-refractivity contribution is 0.305. The van der Waals surface area contributed by atoms with Gasteiger partial charge in [-0.3, -0.25) is 14.3 Å². The molecule has 1 N–H and O–H groups in total. The SMILES string of the molecule is COc1cc(OC)cc(N(CCO)c2ccc3ncn(-c4cccnc4)c(=O)c3c2)c1. The van der Waals surface area contributed by atoms with Crippen LogP contribution < -0.4 is 19.9 Å². The molecule has 2 heterocycles. The van der Waals surface area contributed by atoms with Crippen molar-refractivity contribution < 1.29 is 14.6 Å². The third-order valence-corrected chi connectivity index (χ3v) is 4.95. The minimum Gasteiger partial charge on any atom is -0.497 e. The fraction of sp³-hybridized carbons (Fsp3) is 0.174. The van der Waals surface area contributed by atoms with Crippen molar-refractivity contribution in [3.05, 3.63) is 77.6 Å². The van der Waals surface area contributed by atoms with E-state index in [2.05, 4.69) is 9.97 Å². The highest BCUT2D eigenvalue weighted by Crippen LogP contribution is 2.33. The lowest BCUT2D eigenvalue weighted by Crippen LogP contribution is -2.22. The van der Waals surface area contributed by atoms with Gasteiger partial charge in [-0.05, 0) is 30.3 Å². The number of aromatic nitrogens is 3. The van der Waals surface area contributed by atoms with Crippen LogP contribution in [-0.2, 0) is 0 Å². The zero-order chi connectivity index (χ0) is 21.8. The molecule has 2 aromatic heterocycles. The third kappa shape index (κ3) is 4.06. The summed E-state index contributed by atoms with van der Waals surface area (Å²) in [6, 6.07) is 14.5. The summed E-state index contributed by atoms with van der Waals surface area (Å²) in [5.74, 6) is 1.25. The molecule has 8 heteroatoms. The molecule has 2 aromatic carbocycles. The van der Waals surface area contributed by atoms with Gasteiger partial charge in [-0.15, -0.1) is 0 Å². The Morgan fingerprint density at radius 3 is 2.45 bits per heavy atom. The zero-order valence-electron chi connectivity index (χ0n) is 17.2. The van der Waals surface area contributed by atoms with Crippen LogP contribution >= 0.6 is 0 Å². The molecule has 0 aliphatic rings. The van der Waals surface area contributed by atoms with Gasteiger partial charge in [-0.25, -0.2) is 4.98 Å². The first-order valence-electron chi connectivity index (χ1n) is 9.68. The topological polar surface area (TPSA) is 89.7 Å². The molecule has 0 bridgehead atoms. The number of hydrogen-bond donors (Lipinski definition) is 1. The van der Waals surface area contributed by atoms with Crippen LogP contribution in [0.3, 0.4) is 0 Å². The van der Waals surface area contributed by atoms with Crippen LogP contribution in [0.5, 0.6) is 11.5 Å². The molecule has 0 aliphatic heterocycles. The molecule has 8 nitrogen and oxygen atoms in total. The van der Waals surface area contributed by atoms with E-state index >= 15 is 0 Å². The van der Waals surface area contributed by atoms with Crippen molar-refractivity contribution in [3.63, 3.8) is 0 Å². The third-order valence-electron chi connectivity index (χ3n) is 4.95. The highest BCUT2D eigenvalue weighted by Gasteiger charge is 2.15. The monoisotopic (exact) mass is 418 g/mol. The highest BCUT2D eigenvalue weighted by molar-refractivity contribution is 5.83. The zero-order valence-corrected chi connectivity index (χ0v) is 17.2. The molecule has 0 atom stereocenters. The first-order valence-corrected chi connectivity index (χ1v) is 9.68. The Balaban J connectivity index is 1.85. The second kappa shape index (κ2) is 8.85. The Morgan fingerprint density at radius 1 is 1.03 bits per heavy atom. The second-order valence-corrected chi connectivity index (χ2v) is 6.78. The predicted octanol–water partition coefficient (Wildman–Crippen LogP) is 2.93. The molecular formula is C23H22N4O4.